The van der Waals surface area contributed by atoms with E-state index in [4.69, 9.17) is 10.00 Å². The molecule has 0 aliphatic rings. The van der Waals surface area contributed by atoms with Crippen molar-refractivity contribution >= 4 is 16.0 Å². The number of nitrogens with zero attached hydrogens (tertiary/aromatic N) is 2. The first kappa shape index (κ1) is 17.1. The lowest BCUT2D eigenvalue weighted by Gasteiger charge is -2.22. The van der Waals surface area contributed by atoms with Gasteiger partial charge in [-0.2, -0.15) is 9.98 Å². The number of pyridine rings is 1. The summed E-state index contributed by atoms with van der Waals surface area (Å²) in [5, 5.41) is 8.62. The van der Waals surface area contributed by atoms with Crippen LogP contribution in [0.5, 0.6) is 0 Å². The van der Waals surface area contributed by atoms with Crippen LogP contribution in [0.25, 0.3) is 0 Å². The van der Waals surface area contributed by atoms with Gasteiger partial charge in [-0.3, -0.25) is 4.79 Å². The minimum absolute atomic E-state index is 0.106. The van der Waals surface area contributed by atoms with Gasteiger partial charge in [0.25, 0.3) is 0 Å². The van der Waals surface area contributed by atoms with E-state index in [0.717, 1.165) is 6.20 Å². The molecule has 0 aliphatic carbocycles. The van der Waals surface area contributed by atoms with Crippen LogP contribution in [0, 0.1) is 11.3 Å². The number of hydrogen-bond acceptors (Lipinski definition) is 6. The average molecular weight is 311 g/mol. The number of esters is 1. The number of hydrogen-bond donors (Lipinski definition) is 1. The van der Waals surface area contributed by atoms with Gasteiger partial charge < -0.3 is 4.74 Å². The summed E-state index contributed by atoms with van der Waals surface area (Å²) in [4.78, 5) is 15.3. The van der Waals surface area contributed by atoms with Crippen LogP contribution in [-0.2, 0) is 19.6 Å². The van der Waals surface area contributed by atoms with Crippen LogP contribution >= 0.6 is 0 Å². The van der Waals surface area contributed by atoms with Crippen LogP contribution in [0.1, 0.15) is 33.4 Å². The van der Waals surface area contributed by atoms with Gasteiger partial charge in [-0.05, 0) is 39.8 Å². The zero-order chi connectivity index (χ0) is 16.3. The Morgan fingerprint density at radius 3 is 2.48 bits per heavy atom. The molecule has 21 heavy (non-hydrogen) atoms. The summed E-state index contributed by atoms with van der Waals surface area (Å²) in [6.45, 7) is 6.46. The lowest BCUT2D eigenvalue weighted by atomic mass is 10.2. The second-order valence-electron chi connectivity index (χ2n) is 5.37. The lowest BCUT2D eigenvalue weighted by Crippen LogP contribution is -2.42. The Kier molecular flexibility index (Phi) is 5.04. The van der Waals surface area contributed by atoms with E-state index in [9.17, 15) is 13.2 Å². The van der Waals surface area contributed by atoms with Crippen molar-refractivity contribution in [2.24, 2.45) is 0 Å². The van der Waals surface area contributed by atoms with Crippen molar-refractivity contribution in [3.8, 4) is 6.07 Å². The molecule has 1 rings (SSSR count). The molecule has 1 atom stereocenters. The maximum Gasteiger partial charge on any atom is 0.324 e. The molecule has 1 aromatic rings. The summed E-state index contributed by atoms with van der Waals surface area (Å²) in [7, 11) is -3.91. The van der Waals surface area contributed by atoms with E-state index in [-0.39, 0.29) is 10.6 Å². The minimum atomic E-state index is -3.91. The number of carbonyl (C=O) groups is 1. The first-order chi connectivity index (χ1) is 9.55. The number of rotatable bonds is 4. The van der Waals surface area contributed by atoms with Crippen LogP contribution in [-0.4, -0.2) is 31.0 Å². The Bertz CT molecular complexity index is 654. The molecule has 114 valence electrons. The van der Waals surface area contributed by atoms with Crippen molar-refractivity contribution in [2.75, 3.05) is 0 Å². The van der Waals surface area contributed by atoms with Crippen LogP contribution in [0.2, 0.25) is 0 Å². The molecule has 0 saturated carbocycles. The SMILES string of the molecule is C[C@@H](NS(=O)(=O)c1ccc(C#N)nc1)C(=O)OC(C)(C)C. The van der Waals surface area contributed by atoms with Crippen molar-refractivity contribution in [1.29, 1.82) is 5.26 Å². The van der Waals surface area contributed by atoms with Crippen LogP contribution in [0.3, 0.4) is 0 Å². The number of nitriles is 1. The molecule has 0 aromatic carbocycles. The molecule has 0 amide bonds. The van der Waals surface area contributed by atoms with E-state index < -0.39 is 27.6 Å². The molecule has 1 aromatic heterocycles. The second kappa shape index (κ2) is 6.20. The predicted octanol–water partition coefficient (Wildman–Crippen LogP) is 0.962. The Balaban J connectivity index is 2.84. The van der Waals surface area contributed by atoms with Gasteiger partial charge >= 0.3 is 5.97 Å². The molecular formula is C13H17N3O4S. The number of nitrogens with one attached hydrogen (secondary N) is 1. The number of sulfonamides is 1. The van der Waals surface area contributed by atoms with E-state index in [1.807, 2.05) is 0 Å². The monoisotopic (exact) mass is 311 g/mol. The fourth-order valence-corrected chi connectivity index (χ4v) is 2.48. The highest BCUT2D eigenvalue weighted by molar-refractivity contribution is 7.89. The Morgan fingerprint density at radius 2 is 2.05 bits per heavy atom. The average Bonchev–Trinajstić information content (AvgIpc) is 2.36. The zero-order valence-corrected chi connectivity index (χ0v) is 13.1. The predicted molar refractivity (Wildman–Crippen MR) is 74.6 cm³/mol. The summed E-state index contributed by atoms with van der Waals surface area (Å²) in [5.74, 6) is -0.673. The van der Waals surface area contributed by atoms with Gasteiger partial charge in [0.05, 0.1) is 0 Å². The molecule has 1 N–H and O–H groups in total. The van der Waals surface area contributed by atoms with E-state index in [2.05, 4.69) is 9.71 Å². The van der Waals surface area contributed by atoms with Gasteiger partial charge in [0.15, 0.2) is 0 Å². The van der Waals surface area contributed by atoms with Gasteiger partial charge in [0, 0.05) is 6.20 Å². The summed E-state index contributed by atoms with van der Waals surface area (Å²) in [6, 6.07) is 3.28. The normalized spacial score (nSPS) is 13.3. The van der Waals surface area contributed by atoms with E-state index in [1.165, 1.54) is 19.1 Å². The Hall–Kier alpha value is -1.98. The maximum atomic E-state index is 12.1. The third-order valence-electron chi connectivity index (χ3n) is 2.25. The third kappa shape index (κ3) is 5.13. The summed E-state index contributed by atoms with van der Waals surface area (Å²) < 4.78 is 31.4. The van der Waals surface area contributed by atoms with Crippen molar-refractivity contribution in [3.05, 3.63) is 24.0 Å². The van der Waals surface area contributed by atoms with Crippen molar-refractivity contribution in [1.82, 2.24) is 9.71 Å². The van der Waals surface area contributed by atoms with Crippen molar-refractivity contribution < 1.29 is 17.9 Å². The quantitative estimate of drug-likeness (QED) is 0.829. The maximum absolute atomic E-state index is 12.1. The molecule has 7 nitrogen and oxygen atoms in total. The highest BCUT2D eigenvalue weighted by atomic mass is 32.2. The van der Waals surface area contributed by atoms with Gasteiger partial charge in [0.2, 0.25) is 10.0 Å². The highest BCUT2D eigenvalue weighted by Crippen LogP contribution is 2.11. The Morgan fingerprint density at radius 1 is 1.43 bits per heavy atom. The summed E-state index contributed by atoms with van der Waals surface area (Å²) in [6.07, 6.45) is 1.06. The molecular weight excluding hydrogens is 294 g/mol. The fourth-order valence-electron chi connectivity index (χ4n) is 1.34. The largest absolute Gasteiger partial charge is 0.459 e. The second-order valence-corrected chi connectivity index (χ2v) is 7.08. The topological polar surface area (TPSA) is 109 Å². The minimum Gasteiger partial charge on any atom is -0.459 e. The first-order valence-electron chi connectivity index (χ1n) is 6.16. The summed E-state index contributed by atoms with van der Waals surface area (Å²) >= 11 is 0. The summed E-state index contributed by atoms with van der Waals surface area (Å²) in [5.41, 5.74) is -0.596. The molecule has 0 spiro atoms. The molecule has 0 fully saturated rings. The zero-order valence-electron chi connectivity index (χ0n) is 12.2. The molecule has 0 unspecified atom stereocenters. The van der Waals surface area contributed by atoms with Crippen LogP contribution < -0.4 is 4.72 Å². The molecule has 0 radical (unpaired) electrons. The molecule has 0 bridgehead atoms. The Labute approximate surface area is 124 Å². The molecule has 8 heteroatoms. The van der Waals surface area contributed by atoms with Crippen molar-refractivity contribution in [2.45, 2.75) is 44.2 Å². The van der Waals surface area contributed by atoms with Crippen LogP contribution in [0.15, 0.2) is 23.2 Å². The smallest absolute Gasteiger partial charge is 0.324 e. The number of carbonyl (C=O) groups excluding carboxylic acids is 1. The number of ether oxygens (including phenoxy) is 1. The van der Waals surface area contributed by atoms with Gasteiger partial charge in [0.1, 0.15) is 28.3 Å². The van der Waals surface area contributed by atoms with Gasteiger partial charge in [-0.25, -0.2) is 13.4 Å². The van der Waals surface area contributed by atoms with E-state index in [1.54, 1.807) is 26.8 Å². The standard InChI is InChI=1S/C13H17N3O4S/c1-9(12(17)20-13(2,3)4)16-21(18,19)11-6-5-10(7-14)15-8-11/h5-6,8-9,16H,1-4H3/t9-/m1/s1. The number of aromatic nitrogens is 1. The molecule has 1 heterocycles. The van der Waals surface area contributed by atoms with E-state index in [0.29, 0.717) is 0 Å². The van der Waals surface area contributed by atoms with Gasteiger partial charge in [-0.1, -0.05) is 0 Å². The first-order valence-corrected chi connectivity index (χ1v) is 7.65. The highest BCUT2D eigenvalue weighted by Gasteiger charge is 2.26. The fraction of sp³-hybridized carbons (Fsp3) is 0.462. The van der Waals surface area contributed by atoms with E-state index >= 15 is 0 Å². The van der Waals surface area contributed by atoms with Crippen molar-refractivity contribution in [3.63, 3.8) is 0 Å². The lowest BCUT2D eigenvalue weighted by molar-refractivity contribution is -0.156. The van der Waals surface area contributed by atoms with Crippen LogP contribution in [0.4, 0.5) is 0 Å². The molecule has 0 aliphatic heterocycles. The van der Waals surface area contributed by atoms with Gasteiger partial charge in [-0.15, -0.1) is 0 Å². The third-order valence-corrected chi connectivity index (χ3v) is 3.78. The molecule has 0 saturated heterocycles.